The highest BCUT2D eigenvalue weighted by Gasteiger charge is 2.14. The van der Waals surface area contributed by atoms with Gasteiger partial charge in [0.05, 0.1) is 11.5 Å². The van der Waals surface area contributed by atoms with Gasteiger partial charge in [-0.2, -0.15) is 0 Å². The molecule has 0 aliphatic carbocycles. The van der Waals surface area contributed by atoms with Gasteiger partial charge in [-0.3, -0.25) is 4.79 Å². The summed E-state index contributed by atoms with van der Waals surface area (Å²) in [5.41, 5.74) is 0.358. The van der Waals surface area contributed by atoms with E-state index in [-0.39, 0.29) is 10.8 Å². The van der Waals surface area contributed by atoms with Crippen LogP contribution >= 0.6 is 0 Å². The normalized spacial score (nSPS) is 11.3. The van der Waals surface area contributed by atoms with Gasteiger partial charge < -0.3 is 9.64 Å². The van der Waals surface area contributed by atoms with Gasteiger partial charge in [-0.1, -0.05) is 6.07 Å². The zero-order valence-corrected chi connectivity index (χ0v) is 11.5. The first kappa shape index (κ1) is 14.7. The molecule has 0 saturated heterocycles. The van der Waals surface area contributed by atoms with Gasteiger partial charge in [-0.05, 0) is 18.2 Å². The summed E-state index contributed by atoms with van der Waals surface area (Å²) < 4.78 is 27.7. The topological polar surface area (TPSA) is 63.7 Å². The average molecular weight is 271 g/mol. The van der Waals surface area contributed by atoms with E-state index in [1.807, 2.05) is 0 Å². The lowest BCUT2D eigenvalue weighted by atomic mass is 10.2. The molecule has 100 valence electrons. The summed E-state index contributed by atoms with van der Waals surface area (Å²) in [5.74, 6) is -0.224. The number of hydrogen-bond acceptors (Lipinski definition) is 4. The van der Waals surface area contributed by atoms with Crippen LogP contribution in [0.25, 0.3) is 0 Å². The summed E-state index contributed by atoms with van der Waals surface area (Å²) in [6.07, 6.45) is 1.12. The molecule has 0 aliphatic heterocycles. The number of ether oxygens (including phenoxy) is 1. The molecule has 1 aromatic rings. The van der Waals surface area contributed by atoms with Crippen LogP contribution in [-0.2, 0) is 14.6 Å². The van der Waals surface area contributed by atoms with E-state index in [1.165, 1.54) is 17.0 Å². The lowest BCUT2D eigenvalue weighted by Crippen LogP contribution is -2.30. The van der Waals surface area contributed by atoms with Crippen molar-refractivity contribution in [3.8, 4) is 0 Å². The molecule has 1 amide bonds. The number of carbonyl (C=O) groups excluding carboxylic acids is 1. The van der Waals surface area contributed by atoms with Gasteiger partial charge in [-0.15, -0.1) is 0 Å². The van der Waals surface area contributed by atoms with Gasteiger partial charge in [0.15, 0.2) is 9.84 Å². The van der Waals surface area contributed by atoms with Gasteiger partial charge in [0, 0.05) is 32.5 Å². The van der Waals surface area contributed by atoms with Crippen LogP contribution in [0.2, 0.25) is 0 Å². The zero-order valence-electron chi connectivity index (χ0n) is 10.7. The molecule has 1 aromatic carbocycles. The summed E-state index contributed by atoms with van der Waals surface area (Å²) >= 11 is 0. The summed E-state index contributed by atoms with van der Waals surface area (Å²) in [7, 11) is -0.0915. The van der Waals surface area contributed by atoms with Crippen LogP contribution < -0.4 is 0 Å². The number of nitrogens with zero attached hydrogens (tertiary/aromatic N) is 1. The molecule has 1 rings (SSSR count). The molecule has 0 fully saturated rings. The molecule has 0 N–H and O–H groups in total. The van der Waals surface area contributed by atoms with Crippen molar-refractivity contribution >= 4 is 15.7 Å². The standard InChI is InChI=1S/C12H17NO4S/c1-13(7-8-17-2)12(14)10-5-4-6-11(9-10)18(3,15)16/h4-6,9H,7-8H2,1-3H3. The second-order valence-electron chi connectivity index (χ2n) is 4.02. The maximum Gasteiger partial charge on any atom is 0.253 e. The second kappa shape index (κ2) is 5.97. The summed E-state index contributed by atoms with van der Waals surface area (Å²) in [5, 5.41) is 0. The van der Waals surface area contributed by atoms with E-state index < -0.39 is 9.84 Å². The molecule has 6 heteroatoms. The van der Waals surface area contributed by atoms with Crippen molar-refractivity contribution in [1.29, 1.82) is 0 Å². The van der Waals surface area contributed by atoms with Crippen LogP contribution in [0.1, 0.15) is 10.4 Å². The van der Waals surface area contributed by atoms with Crippen molar-refractivity contribution in [2.75, 3.05) is 33.6 Å². The maximum atomic E-state index is 12.0. The summed E-state index contributed by atoms with van der Waals surface area (Å²) in [6.45, 7) is 0.895. The molecular formula is C12H17NO4S. The highest BCUT2D eigenvalue weighted by molar-refractivity contribution is 7.90. The third-order valence-electron chi connectivity index (χ3n) is 2.49. The molecular weight excluding hydrogens is 254 g/mol. The first-order chi connectivity index (χ1) is 8.36. The number of rotatable bonds is 5. The van der Waals surface area contributed by atoms with Gasteiger partial charge >= 0.3 is 0 Å². The monoisotopic (exact) mass is 271 g/mol. The molecule has 0 saturated carbocycles. The van der Waals surface area contributed by atoms with Crippen LogP contribution in [0.15, 0.2) is 29.2 Å². The second-order valence-corrected chi connectivity index (χ2v) is 6.04. The predicted molar refractivity (Wildman–Crippen MR) is 68.4 cm³/mol. The Hall–Kier alpha value is -1.40. The minimum Gasteiger partial charge on any atom is -0.383 e. The molecule has 0 bridgehead atoms. The quantitative estimate of drug-likeness (QED) is 0.795. The van der Waals surface area contributed by atoms with Crippen molar-refractivity contribution in [3.05, 3.63) is 29.8 Å². The molecule has 0 heterocycles. The van der Waals surface area contributed by atoms with Crippen molar-refractivity contribution in [1.82, 2.24) is 4.90 Å². The fraction of sp³-hybridized carbons (Fsp3) is 0.417. The highest BCUT2D eigenvalue weighted by Crippen LogP contribution is 2.12. The Balaban J connectivity index is 2.93. The number of carbonyl (C=O) groups is 1. The Morgan fingerprint density at radius 2 is 2.06 bits per heavy atom. The molecule has 5 nitrogen and oxygen atoms in total. The Kier molecular flexibility index (Phi) is 4.86. The van der Waals surface area contributed by atoms with E-state index in [9.17, 15) is 13.2 Å². The summed E-state index contributed by atoms with van der Waals surface area (Å²) in [6, 6.07) is 6.02. The predicted octanol–water partition coefficient (Wildman–Crippen LogP) is 0.809. The fourth-order valence-corrected chi connectivity index (χ4v) is 2.08. The lowest BCUT2D eigenvalue weighted by molar-refractivity contribution is 0.0744. The van der Waals surface area contributed by atoms with Crippen molar-refractivity contribution in [2.45, 2.75) is 4.90 Å². The molecule has 0 atom stereocenters. The van der Waals surface area contributed by atoms with Crippen molar-refractivity contribution in [2.24, 2.45) is 0 Å². The van der Waals surface area contributed by atoms with Crippen molar-refractivity contribution < 1.29 is 17.9 Å². The minimum absolute atomic E-state index is 0.147. The Bertz CT molecular complexity index is 525. The minimum atomic E-state index is -3.30. The van der Waals surface area contributed by atoms with E-state index in [1.54, 1.807) is 26.3 Å². The van der Waals surface area contributed by atoms with Crippen LogP contribution in [-0.4, -0.2) is 52.8 Å². The third kappa shape index (κ3) is 3.82. The smallest absolute Gasteiger partial charge is 0.253 e. The first-order valence-corrected chi connectivity index (χ1v) is 7.30. The number of amides is 1. The van der Waals surface area contributed by atoms with E-state index in [0.29, 0.717) is 18.7 Å². The Morgan fingerprint density at radius 1 is 1.39 bits per heavy atom. The average Bonchev–Trinajstić information content (AvgIpc) is 2.34. The summed E-state index contributed by atoms with van der Waals surface area (Å²) in [4.78, 5) is 13.6. The van der Waals surface area contributed by atoms with E-state index in [2.05, 4.69) is 0 Å². The maximum absolute atomic E-state index is 12.0. The van der Waals surface area contributed by atoms with Crippen molar-refractivity contribution in [3.63, 3.8) is 0 Å². The fourth-order valence-electron chi connectivity index (χ4n) is 1.41. The number of methoxy groups -OCH3 is 1. The third-order valence-corrected chi connectivity index (χ3v) is 3.60. The van der Waals surface area contributed by atoms with Gasteiger partial charge in [0.1, 0.15) is 0 Å². The van der Waals surface area contributed by atoms with Gasteiger partial charge in [0.2, 0.25) is 0 Å². The SMILES string of the molecule is COCCN(C)C(=O)c1cccc(S(C)(=O)=O)c1. The van der Waals surface area contributed by atoms with Gasteiger partial charge in [-0.25, -0.2) is 8.42 Å². The molecule has 0 unspecified atom stereocenters. The number of likely N-dealkylation sites (N-methyl/N-ethyl adjacent to an activating group) is 1. The largest absolute Gasteiger partial charge is 0.383 e. The van der Waals surface area contributed by atoms with Gasteiger partial charge in [0.25, 0.3) is 5.91 Å². The molecule has 18 heavy (non-hydrogen) atoms. The molecule has 0 aromatic heterocycles. The Labute approximate surface area is 107 Å². The molecule has 0 aliphatic rings. The van der Waals surface area contributed by atoms with Crippen LogP contribution in [0.4, 0.5) is 0 Å². The van der Waals surface area contributed by atoms with E-state index in [4.69, 9.17) is 4.74 Å². The molecule has 0 spiro atoms. The number of sulfone groups is 1. The number of hydrogen-bond donors (Lipinski definition) is 0. The van der Waals surface area contributed by atoms with Crippen LogP contribution in [0.5, 0.6) is 0 Å². The van der Waals surface area contributed by atoms with Crippen LogP contribution in [0, 0.1) is 0 Å². The number of benzene rings is 1. The van der Waals surface area contributed by atoms with Crippen LogP contribution in [0.3, 0.4) is 0 Å². The molecule has 0 radical (unpaired) electrons. The first-order valence-electron chi connectivity index (χ1n) is 5.41. The zero-order chi connectivity index (χ0) is 13.8. The lowest BCUT2D eigenvalue weighted by Gasteiger charge is -2.16. The highest BCUT2D eigenvalue weighted by atomic mass is 32.2. The Morgan fingerprint density at radius 3 is 2.61 bits per heavy atom. The van der Waals surface area contributed by atoms with E-state index in [0.717, 1.165) is 6.26 Å². The van der Waals surface area contributed by atoms with E-state index >= 15 is 0 Å².